The van der Waals surface area contributed by atoms with Crippen LogP contribution in [-0.4, -0.2) is 42.8 Å². The number of aryl methyl sites for hydroxylation is 1. The number of aliphatic hydroxyl groups is 1. The fraction of sp³-hybridized carbons (Fsp3) is 0.647. The molecule has 3 nitrogen and oxygen atoms in total. The van der Waals surface area contributed by atoms with Gasteiger partial charge in [0.25, 0.3) is 0 Å². The van der Waals surface area contributed by atoms with Gasteiger partial charge in [-0.25, -0.2) is 0 Å². The zero-order valence-electron chi connectivity index (χ0n) is 13.2. The van der Waals surface area contributed by atoms with Crippen molar-refractivity contribution >= 4 is 0 Å². The summed E-state index contributed by atoms with van der Waals surface area (Å²) in [5, 5.41) is 12.5. The van der Waals surface area contributed by atoms with Crippen LogP contribution in [0.3, 0.4) is 0 Å². The highest BCUT2D eigenvalue weighted by Crippen LogP contribution is 2.18. The van der Waals surface area contributed by atoms with E-state index in [1.54, 1.807) is 0 Å². The fourth-order valence-electron chi connectivity index (χ4n) is 2.55. The number of rotatable bonds is 10. The van der Waals surface area contributed by atoms with Crippen LogP contribution in [0.5, 0.6) is 0 Å². The summed E-state index contributed by atoms with van der Waals surface area (Å²) in [5.41, 5.74) is 2.70. The van der Waals surface area contributed by atoms with Gasteiger partial charge in [-0.2, -0.15) is 0 Å². The Kier molecular flexibility index (Phi) is 8.51. The number of aliphatic hydroxyl groups excluding tert-OH is 1. The fourth-order valence-corrected chi connectivity index (χ4v) is 2.55. The highest BCUT2D eigenvalue weighted by Gasteiger charge is 2.12. The van der Waals surface area contributed by atoms with E-state index in [-0.39, 0.29) is 6.61 Å². The SMILES string of the molecule is CCNC(CCN(CC)CCCO)c1cccc(C)c1. The molecule has 0 aliphatic carbocycles. The van der Waals surface area contributed by atoms with E-state index in [1.165, 1.54) is 11.1 Å². The van der Waals surface area contributed by atoms with Crippen molar-refractivity contribution < 1.29 is 5.11 Å². The Bertz CT molecular complexity index is 368. The number of benzene rings is 1. The third kappa shape index (κ3) is 6.04. The molecule has 0 spiro atoms. The molecule has 20 heavy (non-hydrogen) atoms. The van der Waals surface area contributed by atoms with Gasteiger partial charge < -0.3 is 15.3 Å². The van der Waals surface area contributed by atoms with Crippen molar-refractivity contribution in [2.75, 3.05) is 32.8 Å². The summed E-state index contributed by atoms with van der Waals surface area (Å²) in [7, 11) is 0. The van der Waals surface area contributed by atoms with Crippen molar-refractivity contribution in [2.45, 2.75) is 39.7 Å². The number of nitrogens with zero attached hydrogens (tertiary/aromatic N) is 1. The van der Waals surface area contributed by atoms with Crippen molar-refractivity contribution in [2.24, 2.45) is 0 Å². The summed E-state index contributed by atoms with van der Waals surface area (Å²) in [6.45, 7) is 10.9. The first-order chi connectivity index (χ1) is 9.71. The lowest BCUT2D eigenvalue weighted by atomic mass is 10.0. The molecule has 2 N–H and O–H groups in total. The van der Waals surface area contributed by atoms with E-state index in [9.17, 15) is 0 Å². The first-order valence-corrected chi connectivity index (χ1v) is 7.84. The largest absolute Gasteiger partial charge is 0.396 e. The molecule has 1 atom stereocenters. The third-order valence-corrected chi connectivity index (χ3v) is 3.71. The highest BCUT2D eigenvalue weighted by molar-refractivity contribution is 5.25. The average molecular weight is 278 g/mol. The average Bonchev–Trinajstić information content (AvgIpc) is 2.46. The van der Waals surface area contributed by atoms with E-state index < -0.39 is 0 Å². The molecule has 0 aliphatic heterocycles. The van der Waals surface area contributed by atoms with Gasteiger partial charge in [0, 0.05) is 19.2 Å². The summed E-state index contributed by atoms with van der Waals surface area (Å²) in [6.07, 6.45) is 1.97. The monoisotopic (exact) mass is 278 g/mol. The van der Waals surface area contributed by atoms with E-state index in [4.69, 9.17) is 5.11 Å². The van der Waals surface area contributed by atoms with E-state index in [0.717, 1.165) is 39.0 Å². The lowest BCUT2D eigenvalue weighted by molar-refractivity contribution is 0.223. The molecule has 1 aromatic carbocycles. The predicted octanol–water partition coefficient (Wildman–Crippen LogP) is 2.74. The Morgan fingerprint density at radius 3 is 2.65 bits per heavy atom. The van der Waals surface area contributed by atoms with Gasteiger partial charge in [-0.1, -0.05) is 43.7 Å². The normalized spacial score (nSPS) is 12.8. The van der Waals surface area contributed by atoms with Crippen LogP contribution in [0.1, 0.15) is 43.9 Å². The topological polar surface area (TPSA) is 35.5 Å². The lowest BCUT2D eigenvalue weighted by Gasteiger charge is -2.24. The maximum atomic E-state index is 8.94. The van der Waals surface area contributed by atoms with E-state index in [2.05, 4.69) is 55.3 Å². The maximum Gasteiger partial charge on any atom is 0.0443 e. The van der Waals surface area contributed by atoms with Gasteiger partial charge in [0.15, 0.2) is 0 Å². The van der Waals surface area contributed by atoms with Crippen LogP contribution in [0.4, 0.5) is 0 Å². The molecule has 0 aliphatic rings. The molecule has 1 rings (SSSR count). The van der Waals surface area contributed by atoms with E-state index in [0.29, 0.717) is 6.04 Å². The molecule has 3 heteroatoms. The second-order valence-electron chi connectivity index (χ2n) is 5.32. The van der Waals surface area contributed by atoms with Crippen LogP contribution in [0.15, 0.2) is 24.3 Å². The minimum Gasteiger partial charge on any atom is -0.396 e. The Hall–Kier alpha value is -0.900. The van der Waals surface area contributed by atoms with Crippen LogP contribution < -0.4 is 5.32 Å². The minimum atomic E-state index is 0.283. The van der Waals surface area contributed by atoms with Gasteiger partial charge in [-0.05, 0) is 45.0 Å². The Balaban J connectivity index is 2.58. The summed E-state index contributed by atoms with van der Waals surface area (Å²) in [6, 6.07) is 9.19. The predicted molar refractivity (Wildman–Crippen MR) is 86.0 cm³/mol. The maximum absolute atomic E-state index is 8.94. The Morgan fingerprint density at radius 1 is 1.25 bits per heavy atom. The van der Waals surface area contributed by atoms with Gasteiger partial charge in [0.2, 0.25) is 0 Å². The molecular formula is C17H30N2O. The lowest BCUT2D eigenvalue weighted by Crippen LogP contribution is -2.30. The van der Waals surface area contributed by atoms with Crippen molar-refractivity contribution in [1.29, 1.82) is 0 Å². The van der Waals surface area contributed by atoms with Crippen LogP contribution in [0.25, 0.3) is 0 Å². The summed E-state index contributed by atoms with van der Waals surface area (Å²) in [5.74, 6) is 0. The van der Waals surface area contributed by atoms with Crippen molar-refractivity contribution in [3.8, 4) is 0 Å². The van der Waals surface area contributed by atoms with E-state index >= 15 is 0 Å². The molecule has 0 saturated heterocycles. The zero-order chi connectivity index (χ0) is 14.8. The Labute approximate surface area is 124 Å². The first kappa shape index (κ1) is 17.2. The number of nitrogens with one attached hydrogen (secondary N) is 1. The molecule has 1 aromatic rings. The van der Waals surface area contributed by atoms with Gasteiger partial charge in [0.1, 0.15) is 0 Å². The molecule has 0 amide bonds. The Morgan fingerprint density at radius 2 is 2.05 bits per heavy atom. The van der Waals surface area contributed by atoms with Crippen molar-refractivity contribution in [3.05, 3.63) is 35.4 Å². The quantitative estimate of drug-likeness (QED) is 0.691. The smallest absolute Gasteiger partial charge is 0.0443 e. The highest BCUT2D eigenvalue weighted by atomic mass is 16.3. The number of hydrogen-bond acceptors (Lipinski definition) is 3. The van der Waals surface area contributed by atoms with Crippen LogP contribution in [0.2, 0.25) is 0 Å². The van der Waals surface area contributed by atoms with Crippen molar-refractivity contribution in [3.63, 3.8) is 0 Å². The second kappa shape index (κ2) is 9.92. The van der Waals surface area contributed by atoms with Crippen LogP contribution in [-0.2, 0) is 0 Å². The first-order valence-electron chi connectivity index (χ1n) is 7.84. The molecule has 0 saturated carbocycles. The molecule has 1 unspecified atom stereocenters. The second-order valence-corrected chi connectivity index (χ2v) is 5.32. The minimum absolute atomic E-state index is 0.283. The van der Waals surface area contributed by atoms with Gasteiger partial charge in [-0.15, -0.1) is 0 Å². The zero-order valence-corrected chi connectivity index (χ0v) is 13.2. The van der Waals surface area contributed by atoms with Gasteiger partial charge in [0.05, 0.1) is 0 Å². The molecule has 0 bridgehead atoms. The van der Waals surface area contributed by atoms with Crippen molar-refractivity contribution in [1.82, 2.24) is 10.2 Å². The van der Waals surface area contributed by atoms with Crippen LogP contribution in [0, 0.1) is 6.92 Å². The molecule has 0 radical (unpaired) electrons. The number of hydrogen-bond donors (Lipinski definition) is 2. The molecule has 114 valence electrons. The standard InChI is InChI=1S/C17H30N2O/c1-4-18-17(16-9-6-8-15(3)14-16)10-12-19(5-2)11-7-13-20/h6,8-9,14,17-18,20H,4-5,7,10-13H2,1-3H3. The van der Waals surface area contributed by atoms with Crippen LogP contribution >= 0.6 is 0 Å². The molecule has 0 heterocycles. The molecule has 0 fully saturated rings. The summed E-state index contributed by atoms with van der Waals surface area (Å²) < 4.78 is 0. The van der Waals surface area contributed by atoms with Gasteiger partial charge in [-0.3, -0.25) is 0 Å². The third-order valence-electron chi connectivity index (χ3n) is 3.71. The summed E-state index contributed by atoms with van der Waals surface area (Å²) >= 11 is 0. The van der Waals surface area contributed by atoms with E-state index in [1.807, 2.05) is 0 Å². The van der Waals surface area contributed by atoms with Gasteiger partial charge >= 0.3 is 0 Å². The molecular weight excluding hydrogens is 248 g/mol. The molecule has 0 aromatic heterocycles. The summed E-state index contributed by atoms with van der Waals surface area (Å²) in [4.78, 5) is 2.41.